The average Bonchev–Trinajstić information content (AvgIpc) is 3.78. The Hall–Kier alpha value is -3.73. The van der Waals surface area contributed by atoms with Crippen molar-refractivity contribution >= 4 is 24.0 Å². The summed E-state index contributed by atoms with van der Waals surface area (Å²) in [5.41, 5.74) is 0.341. The van der Waals surface area contributed by atoms with E-state index in [1.54, 1.807) is 18.6 Å². The maximum Gasteiger partial charge on any atom is 0.331 e. The van der Waals surface area contributed by atoms with Crippen LogP contribution in [0.5, 0.6) is 0 Å². The van der Waals surface area contributed by atoms with Crippen molar-refractivity contribution in [3.05, 3.63) is 77.8 Å². The number of allylic oxidation sites excluding steroid dienone is 1. The highest BCUT2D eigenvalue weighted by molar-refractivity contribution is 5.87. The Morgan fingerprint density at radius 2 is 1.67 bits per heavy atom. The van der Waals surface area contributed by atoms with Crippen LogP contribution in [0, 0.1) is 28.1 Å². The number of rotatable bonds is 6. The molecule has 1 aromatic heterocycles. The number of aliphatic hydroxyl groups excluding tert-OH is 1. The SMILES string of the molecule is CC(=O)O[C@H]1C[C@@H](OC(C)=O)[C@]2(C)CO[C@H]3[C@@H](OC(=O)/C=C/c4ccccc4)[C@@]4(C)C5=C[C@@H](c6ccoc6)C[C@H]5OC(O)C[C@@H]4[C@@]1(C)[C@@H]32. The number of carbonyl (C=O) groups is 3. The van der Waals surface area contributed by atoms with E-state index in [0.717, 1.165) is 16.7 Å². The standard InChI is InChI=1S/C38H44O10/c1-21(39)45-29-18-30(46-22(2)40)38(5)28-17-32(42)47-27-16-25(24-13-14-43-19-24)15-26(27)37(28,4)35(33-34(38)36(29,3)20-44-33)48-31(41)12-11-23-9-7-6-8-10-23/h6-15,19,25,27-30,32-35,42H,16-18,20H2,1-5H3/b12-11+/t25-,27-,28+,29-,30+,32?,33-,34+,35-,36+,37+,38-/m1/s1. The molecule has 0 spiro atoms. The monoisotopic (exact) mass is 660 g/mol. The Bertz CT molecular complexity index is 1610. The van der Waals surface area contributed by atoms with Gasteiger partial charge in [-0.1, -0.05) is 57.2 Å². The number of ether oxygens (including phenoxy) is 5. The van der Waals surface area contributed by atoms with Crippen LogP contribution in [0.2, 0.25) is 0 Å². The quantitative estimate of drug-likeness (QED) is 0.187. The van der Waals surface area contributed by atoms with Crippen molar-refractivity contribution in [1.29, 1.82) is 0 Å². The molecule has 2 saturated heterocycles. The lowest BCUT2D eigenvalue weighted by Crippen LogP contribution is -2.72. The van der Waals surface area contributed by atoms with E-state index in [1.165, 1.54) is 19.9 Å². The summed E-state index contributed by atoms with van der Waals surface area (Å²) in [4.78, 5) is 38.9. The molecule has 12 atom stereocenters. The van der Waals surface area contributed by atoms with Crippen LogP contribution in [0.15, 0.2) is 71.1 Å². The second kappa shape index (κ2) is 12.0. The normalized spacial score (nSPS) is 41.4. The number of esters is 3. The van der Waals surface area contributed by atoms with Crippen molar-refractivity contribution in [3.63, 3.8) is 0 Å². The Morgan fingerprint density at radius 3 is 2.35 bits per heavy atom. The fourth-order valence-electron chi connectivity index (χ4n) is 10.3. The van der Waals surface area contributed by atoms with Gasteiger partial charge in [-0.15, -0.1) is 0 Å². The smallest absolute Gasteiger partial charge is 0.331 e. The minimum absolute atomic E-state index is 0.0508. The highest BCUT2D eigenvalue weighted by Crippen LogP contribution is 2.72. The molecule has 4 fully saturated rings. The van der Waals surface area contributed by atoms with Gasteiger partial charge in [-0.2, -0.15) is 0 Å². The summed E-state index contributed by atoms with van der Waals surface area (Å²) in [6, 6.07) is 11.4. The molecule has 2 saturated carbocycles. The van der Waals surface area contributed by atoms with Gasteiger partial charge in [0.15, 0.2) is 6.29 Å². The number of furan rings is 1. The van der Waals surface area contributed by atoms with Crippen molar-refractivity contribution in [2.75, 3.05) is 6.61 Å². The molecule has 1 unspecified atom stereocenters. The number of fused-ring (bicyclic) bond motifs is 4. The molecule has 3 aliphatic carbocycles. The zero-order valence-electron chi connectivity index (χ0n) is 28.0. The Kier molecular flexibility index (Phi) is 8.20. The van der Waals surface area contributed by atoms with Gasteiger partial charge in [0, 0.05) is 60.8 Å². The summed E-state index contributed by atoms with van der Waals surface area (Å²) >= 11 is 0. The summed E-state index contributed by atoms with van der Waals surface area (Å²) in [5, 5.41) is 11.5. The van der Waals surface area contributed by atoms with E-state index >= 15 is 0 Å². The fourth-order valence-corrected chi connectivity index (χ4v) is 10.3. The predicted octanol–water partition coefficient (Wildman–Crippen LogP) is 5.36. The van der Waals surface area contributed by atoms with Crippen LogP contribution in [0.1, 0.15) is 70.9 Å². The molecule has 2 aromatic rings. The largest absolute Gasteiger partial charge is 0.472 e. The van der Waals surface area contributed by atoms with Crippen molar-refractivity contribution in [2.24, 2.45) is 28.1 Å². The maximum absolute atomic E-state index is 13.8. The van der Waals surface area contributed by atoms with Crippen LogP contribution in [0.4, 0.5) is 0 Å². The molecule has 48 heavy (non-hydrogen) atoms. The molecule has 1 aromatic carbocycles. The van der Waals surface area contributed by atoms with E-state index in [1.807, 2.05) is 43.3 Å². The zero-order chi connectivity index (χ0) is 34.0. The topological polar surface area (TPSA) is 131 Å². The summed E-state index contributed by atoms with van der Waals surface area (Å²) in [5.74, 6) is -2.25. The van der Waals surface area contributed by atoms with Crippen LogP contribution in [0.25, 0.3) is 6.08 Å². The molecule has 0 bridgehead atoms. The van der Waals surface area contributed by atoms with Gasteiger partial charge in [-0.25, -0.2) is 4.79 Å². The molecule has 256 valence electrons. The first-order valence-electron chi connectivity index (χ1n) is 16.8. The van der Waals surface area contributed by atoms with Gasteiger partial charge in [0.25, 0.3) is 0 Å². The van der Waals surface area contributed by atoms with Gasteiger partial charge in [0.1, 0.15) is 18.3 Å². The molecule has 0 radical (unpaired) electrons. The molecule has 5 aliphatic rings. The molecule has 7 rings (SSSR count). The lowest BCUT2D eigenvalue weighted by molar-refractivity contribution is -0.261. The third-order valence-electron chi connectivity index (χ3n) is 12.1. The third kappa shape index (κ3) is 5.15. The average molecular weight is 661 g/mol. The van der Waals surface area contributed by atoms with Gasteiger partial charge in [0.05, 0.1) is 31.3 Å². The van der Waals surface area contributed by atoms with Crippen LogP contribution in [-0.4, -0.2) is 66.4 Å². The van der Waals surface area contributed by atoms with E-state index < -0.39 is 76.9 Å². The minimum Gasteiger partial charge on any atom is -0.472 e. The second-order valence-corrected chi connectivity index (χ2v) is 14.8. The molecule has 10 heteroatoms. The number of aliphatic hydroxyl groups is 1. The van der Waals surface area contributed by atoms with Crippen LogP contribution in [0.3, 0.4) is 0 Å². The molecule has 10 nitrogen and oxygen atoms in total. The number of hydrogen-bond acceptors (Lipinski definition) is 10. The van der Waals surface area contributed by atoms with Crippen LogP contribution < -0.4 is 0 Å². The number of carbonyl (C=O) groups excluding carboxylic acids is 3. The first-order chi connectivity index (χ1) is 22.9. The molecule has 2 aliphatic heterocycles. The van der Waals surface area contributed by atoms with Gasteiger partial charge >= 0.3 is 17.9 Å². The molecule has 3 heterocycles. The third-order valence-corrected chi connectivity index (χ3v) is 12.1. The van der Waals surface area contributed by atoms with Gasteiger partial charge < -0.3 is 33.2 Å². The number of hydrogen-bond donors (Lipinski definition) is 1. The summed E-state index contributed by atoms with van der Waals surface area (Å²) < 4.78 is 37.2. The second-order valence-electron chi connectivity index (χ2n) is 14.8. The minimum atomic E-state index is -1.13. The Balaban J connectivity index is 1.39. The van der Waals surface area contributed by atoms with Crippen LogP contribution in [-0.2, 0) is 38.1 Å². The van der Waals surface area contributed by atoms with E-state index in [4.69, 9.17) is 28.1 Å². The Labute approximate surface area is 280 Å². The fraction of sp³-hybridized carbons (Fsp3) is 0.553. The first-order valence-corrected chi connectivity index (χ1v) is 16.8. The Morgan fingerprint density at radius 1 is 0.938 bits per heavy atom. The predicted molar refractivity (Wildman–Crippen MR) is 172 cm³/mol. The molecule has 1 N–H and O–H groups in total. The molecule has 0 amide bonds. The summed E-state index contributed by atoms with van der Waals surface area (Å²) in [6.07, 6.45) is 5.38. The summed E-state index contributed by atoms with van der Waals surface area (Å²) in [7, 11) is 0. The lowest BCUT2D eigenvalue weighted by Gasteiger charge is -2.66. The lowest BCUT2D eigenvalue weighted by atomic mass is 9.39. The number of benzene rings is 1. The van der Waals surface area contributed by atoms with E-state index in [9.17, 15) is 19.5 Å². The van der Waals surface area contributed by atoms with Gasteiger partial charge in [0.2, 0.25) is 0 Å². The molecular weight excluding hydrogens is 616 g/mol. The van der Waals surface area contributed by atoms with Crippen LogP contribution >= 0.6 is 0 Å². The van der Waals surface area contributed by atoms with E-state index in [2.05, 4.69) is 19.9 Å². The van der Waals surface area contributed by atoms with Crippen molar-refractivity contribution in [2.45, 2.75) is 96.6 Å². The first kappa shape index (κ1) is 32.8. The van der Waals surface area contributed by atoms with E-state index in [-0.39, 0.29) is 31.3 Å². The highest BCUT2D eigenvalue weighted by atomic mass is 16.6. The van der Waals surface area contributed by atoms with Crippen molar-refractivity contribution in [3.8, 4) is 0 Å². The van der Waals surface area contributed by atoms with Gasteiger partial charge in [-0.05, 0) is 41.2 Å². The van der Waals surface area contributed by atoms with Crippen molar-refractivity contribution in [1.82, 2.24) is 0 Å². The van der Waals surface area contributed by atoms with E-state index in [0.29, 0.717) is 6.42 Å². The van der Waals surface area contributed by atoms with Gasteiger partial charge in [-0.3, -0.25) is 9.59 Å². The zero-order valence-corrected chi connectivity index (χ0v) is 28.0. The molecular formula is C38H44O10. The summed E-state index contributed by atoms with van der Waals surface area (Å²) in [6.45, 7) is 9.22. The maximum atomic E-state index is 13.8. The highest BCUT2D eigenvalue weighted by Gasteiger charge is 2.77. The van der Waals surface area contributed by atoms with Crippen molar-refractivity contribution < 1.29 is 47.6 Å².